The second kappa shape index (κ2) is 6.01. The third kappa shape index (κ3) is 3.03. The molecular weight excluding hydrogens is 336 g/mol. The summed E-state index contributed by atoms with van der Waals surface area (Å²) >= 11 is 0. The van der Waals surface area contributed by atoms with E-state index >= 15 is 0 Å². The van der Waals surface area contributed by atoms with E-state index in [1.165, 1.54) is 23.2 Å². The lowest BCUT2D eigenvalue weighted by atomic mass is 10.0. The Morgan fingerprint density at radius 3 is 2.68 bits per heavy atom. The van der Waals surface area contributed by atoms with Crippen LogP contribution in [0.5, 0.6) is 0 Å². The van der Waals surface area contributed by atoms with Gasteiger partial charge in [0.25, 0.3) is 0 Å². The minimum absolute atomic E-state index is 0.0617. The largest absolute Gasteiger partial charge is 0.405 e. The maximum Gasteiger partial charge on any atom is 0.405 e. The molecule has 0 spiro atoms. The monoisotopic (exact) mass is 350 g/mol. The highest BCUT2D eigenvalue weighted by Gasteiger charge is 2.45. The Balaban J connectivity index is 1.98. The molecule has 0 N–H and O–H groups in total. The summed E-state index contributed by atoms with van der Waals surface area (Å²) in [5.74, 6) is -0.183. The number of rotatable bonds is 2. The highest BCUT2D eigenvalue weighted by molar-refractivity contribution is 6.11. The van der Waals surface area contributed by atoms with Crippen molar-refractivity contribution >= 4 is 5.71 Å². The molecule has 1 atom stereocenters. The molecule has 25 heavy (non-hydrogen) atoms. The van der Waals surface area contributed by atoms with Crippen LogP contribution in [0.15, 0.2) is 46.9 Å². The third-order valence-electron chi connectivity index (χ3n) is 4.15. The molecule has 0 saturated carbocycles. The highest BCUT2D eigenvalue weighted by atomic mass is 19.4. The molecule has 0 radical (unpaired) electrons. The molecule has 3 rings (SSSR count). The van der Waals surface area contributed by atoms with Crippen LogP contribution in [0.4, 0.5) is 17.6 Å². The van der Waals surface area contributed by atoms with Crippen LogP contribution in [-0.4, -0.2) is 34.5 Å². The van der Waals surface area contributed by atoms with Crippen LogP contribution in [0.25, 0.3) is 0 Å². The molecule has 1 aromatic carbocycles. The highest BCUT2D eigenvalue weighted by Crippen LogP contribution is 2.34. The van der Waals surface area contributed by atoms with Gasteiger partial charge >= 0.3 is 6.18 Å². The first-order valence-corrected chi connectivity index (χ1v) is 7.53. The molecule has 2 heterocycles. The lowest BCUT2D eigenvalue weighted by Gasteiger charge is -2.38. The van der Waals surface area contributed by atoms with Crippen LogP contribution >= 0.6 is 0 Å². The summed E-state index contributed by atoms with van der Waals surface area (Å²) in [7, 11) is 0. The predicted octanol–water partition coefficient (Wildman–Crippen LogP) is 3.73. The molecule has 8 heteroatoms. The van der Waals surface area contributed by atoms with E-state index in [0.29, 0.717) is 22.8 Å². The van der Waals surface area contributed by atoms with Crippen LogP contribution in [0, 0.1) is 17.1 Å². The van der Waals surface area contributed by atoms with Crippen LogP contribution in [0.3, 0.4) is 0 Å². The van der Waals surface area contributed by atoms with Crippen LogP contribution in [-0.2, 0) is 0 Å². The molecule has 2 aliphatic heterocycles. The number of allylic oxidation sites excluding steroid dienone is 2. The van der Waals surface area contributed by atoms with Gasteiger partial charge in [-0.15, -0.1) is 0 Å². The van der Waals surface area contributed by atoms with E-state index in [1.54, 1.807) is 19.1 Å². The minimum atomic E-state index is -4.37. The van der Waals surface area contributed by atoms with Crippen molar-refractivity contribution in [1.29, 1.82) is 5.26 Å². The average Bonchev–Trinajstić information content (AvgIpc) is 2.97. The average molecular weight is 350 g/mol. The molecule has 4 nitrogen and oxygen atoms in total. The van der Waals surface area contributed by atoms with E-state index in [-0.39, 0.29) is 12.1 Å². The molecule has 0 saturated heterocycles. The standard InChI is InChI=1S/C17H14F4N4/c1-10-7-15(14-8-13(18)4-3-12(14)9-22)23-16-5-6-24(25(10)16)11(2)17(19,20)21/h3-5,7-8,11H,6H2,1-2H3/t11-/m0/s1. The maximum atomic E-state index is 13.6. The summed E-state index contributed by atoms with van der Waals surface area (Å²) in [5.41, 5.74) is 1.41. The topological polar surface area (TPSA) is 42.6 Å². The van der Waals surface area contributed by atoms with Gasteiger partial charge in [0, 0.05) is 17.8 Å². The number of fused-ring (bicyclic) bond motifs is 1. The number of benzene rings is 1. The number of alkyl halides is 3. The van der Waals surface area contributed by atoms with Crippen molar-refractivity contribution in [2.45, 2.75) is 26.1 Å². The zero-order chi connectivity index (χ0) is 18.4. The molecule has 0 amide bonds. The molecule has 0 unspecified atom stereocenters. The van der Waals surface area contributed by atoms with Crippen molar-refractivity contribution in [3.05, 3.63) is 58.8 Å². The van der Waals surface area contributed by atoms with E-state index < -0.39 is 18.0 Å². The minimum Gasteiger partial charge on any atom is -0.261 e. The van der Waals surface area contributed by atoms with Gasteiger partial charge in [-0.05, 0) is 44.2 Å². The van der Waals surface area contributed by atoms with Crippen LogP contribution in [0.1, 0.15) is 25.0 Å². The molecule has 2 aliphatic rings. The summed E-state index contributed by atoms with van der Waals surface area (Å²) in [6.07, 6.45) is -1.25. The number of halogens is 4. The Morgan fingerprint density at radius 2 is 2.04 bits per heavy atom. The van der Waals surface area contributed by atoms with Gasteiger partial charge in [0.05, 0.1) is 17.3 Å². The lowest BCUT2D eigenvalue weighted by Crippen LogP contribution is -2.49. The molecule has 1 aromatic rings. The fourth-order valence-electron chi connectivity index (χ4n) is 2.83. The molecular formula is C17H14F4N4. The number of nitriles is 1. The molecule has 130 valence electrons. The van der Waals surface area contributed by atoms with E-state index in [4.69, 9.17) is 0 Å². The first-order valence-electron chi connectivity index (χ1n) is 7.53. The van der Waals surface area contributed by atoms with E-state index in [0.717, 1.165) is 11.9 Å². The molecule has 0 aromatic heterocycles. The van der Waals surface area contributed by atoms with Crippen LogP contribution in [0.2, 0.25) is 0 Å². The molecule has 0 aliphatic carbocycles. The van der Waals surface area contributed by atoms with Gasteiger partial charge in [-0.1, -0.05) is 0 Å². The van der Waals surface area contributed by atoms with Gasteiger partial charge in [-0.2, -0.15) is 23.4 Å². The van der Waals surface area contributed by atoms with Crippen molar-refractivity contribution in [1.82, 2.24) is 10.0 Å². The first-order chi connectivity index (χ1) is 11.7. The van der Waals surface area contributed by atoms with Crippen molar-refractivity contribution < 1.29 is 17.6 Å². The molecule has 0 fully saturated rings. The lowest BCUT2D eigenvalue weighted by molar-refractivity contribution is -0.201. The fraction of sp³-hybridized carbons (Fsp3) is 0.294. The molecule has 0 bridgehead atoms. The van der Waals surface area contributed by atoms with Crippen molar-refractivity contribution in [3.63, 3.8) is 0 Å². The number of hydrazine groups is 1. The predicted molar refractivity (Wildman–Crippen MR) is 83.6 cm³/mol. The second-order valence-electron chi connectivity index (χ2n) is 5.80. The zero-order valence-electron chi connectivity index (χ0n) is 13.5. The van der Waals surface area contributed by atoms with Crippen molar-refractivity contribution in [2.75, 3.05) is 6.54 Å². The number of nitrogens with zero attached hydrogens (tertiary/aromatic N) is 4. The summed E-state index contributed by atoms with van der Waals surface area (Å²) in [5, 5.41) is 11.8. The number of aliphatic imine (C=N–C) groups is 1. The van der Waals surface area contributed by atoms with Gasteiger partial charge in [0.2, 0.25) is 0 Å². The Morgan fingerprint density at radius 1 is 1.32 bits per heavy atom. The zero-order valence-corrected chi connectivity index (χ0v) is 13.5. The van der Waals surface area contributed by atoms with E-state index in [1.807, 2.05) is 6.07 Å². The van der Waals surface area contributed by atoms with Crippen molar-refractivity contribution in [3.8, 4) is 6.07 Å². The third-order valence-corrected chi connectivity index (χ3v) is 4.15. The van der Waals surface area contributed by atoms with Crippen molar-refractivity contribution in [2.24, 2.45) is 4.99 Å². The van der Waals surface area contributed by atoms with Gasteiger partial charge < -0.3 is 0 Å². The van der Waals surface area contributed by atoms with Gasteiger partial charge in [-0.25, -0.2) is 9.38 Å². The summed E-state index contributed by atoms with van der Waals surface area (Å²) in [6, 6.07) is 4.02. The Labute approximate surface area is 141 Å². The number of hydrogen-bond acceptors (Lipinski definition) is 4. The normalized spacial score (nSPS) is 18.9. The fourth-order valence-corrected chi connectivity index (χ4v) is 2.83. The van der Waals surface area contributed by atoms with E-state index in [9.17, 15) is 22.8 Å². The van der Waals surface area contributed by atoms with Gasteiger partial charge in [-0.3, -0.25) is 5.01 Å². The van der Waals surface area contributed by atoms with E-state index in [2.05, 4.69) is 4.99 Å². The second-order valence-corrected chi connectivity index (χ2v) is 5.80. The summed E-state index contributed by atoms with van der Waals surface area (Å²) in [4.78, 5) is 4.33. The van der Waals surface area contributed by atoms with Gasteiger partial charge in [0.1, 0.15) is 17.7 Å². The quantitative estimate of drug-likeness (QED) is 0.764. The Kier molecular flexibility index (Phi) is 4.13. The Hall–Kier alpha value is -2.66. The maximum absolute atomic E-state index is 13.6. The first kappa shape index (κ1) is 17.2. The van der Waals surface area contributed by atoms with Crippen LogP contribution < -0.4 is 0 Å². The summed E-state index contributed by atoms with van der Waals surface area (Å²) in [6.45, 7) is 2.80. The number of hydrogen-bond donors (Lipinski definition) is 0. The SMILES string of the molecule is CC1=CC(c2cc(F)ccc2C#N)=NC2=CCN([C@@H](C)C(F)(F)F)N12. The van der Waals surface area contributed by atoms with Gasteiger partial charge in [0.15, 0.2) is 0 Å². The smallest absolute Gasteiger partial charge is 0.261 e. The summed E-state index contributed by atoms with van der Waals surface area (Å²) < 4.78 is 52.7. The Bertz CT molecular complexity index is 845.